The maximum Gasteiger partial charge on any atom is 0.208 e. The molecule has 11 heavy (non-hydrogen) atoms. The fraction of sp³-hybridized carbons (Fsp3) is 0.667. The molecular formula is C9H17NO. The van der Waals surface area contributed by atoms with Crippen LogP contribution in [0.15, 0.2) is 17.6 Å². The van der Waals surface area contributed by atoms with Crippen LogP contribution in [-0.4, -0.2) is 18.0 Å². The summed E-state index contributed by atoms with van der Waals surface area (Å²) in [6, 6.07) is 0. The van der Waals surface area contributed by atoms with Crippen LogP contribution in [0.3, 0.4) is 0 Å². The molecule has 0 amide bonds. The van der Waals surface area contributed by atoms with Crippen molar-refractivity contribution in [3.05, 3.63) is 12.7 Å². The highest BCUT2D eigenvalue weighted by molar-refractivity contribution is 5.87. The van der Waals surface area contributed by atoms with Crippen molar-refractivity contribution in [1.29, 1.82) is 0 Å². The van der Waals surface area contributed by atoms with Gasteiger partial charge in [0.05, 0.1) is 12.1 Å². The SMILES string of the molecule is C=C/C(=N/C(C)(C)C)OCC. The van der Waals surface area contributed by atoms with E-state index >= 15 is 0 Å². The zero-order chi connectivity index (χ0) is 8.91. The van der Waals surface area contributed by atoms with Gasteiger partial charge in [0.15, 0.2) is 0 Å². The van der Waals surface area contributed by atoms with Gasteiger partial charge in [-0.1, -0.05) is 6.58 Å². The first-order valence-corrected chi connectivity index (χ1v) is 3.84. The van der Waals surface area contributed by atoms with Crippen LogP contribution < -0.4 is 0 Å². The maximum atomic E-state index is 5.20. The molecule has 0 saturated heterocycles. The number of hydrogen-bond donors (Lipinski definition) is 0. The van der Waals surface area contributed by atoms with E-state index in [0.717, 1.165) is 0 Å². The molecule has 0 spiro atoms. The Hall–Kier alpha value is -0.790. The molecule has 0 aromatic rings. The van der Waals surface area contributed by atoms with Crippen molar-refractivity contribution in [3.8, 4) is 0 Å². The molecule has 0 fully saturated rings. The van der Waals surface area contributed by atoms with E-state index < -0.39 is 0 Å². The molecule has 0 saturated carbocycles. The zero-order valence-corrected chi connectivity index (χ0v) is 7.85. The van der Waals surface area contributed by atoms with Crippen LogP contribution in [0, 0.1) is 0 Å². The van der Waals surface area contributed by atoms with Crippen molar-refractivity contribution in [3.63, 3.8) is 0 Å². The fourth-order valence-electron chi connectivity index (χ4n) is 0.615. The van der Waals surface area contributed by atoms with Crippen molar-refractivity contribution < 1.29 is 4.74 Å². The summed E-state index contributed by atoms with van der Waals surface area (Å²) in [7, 11) is 0. The van der Waals surface area contributed by atoms with Gasteiger partial charge in [-0.3, -0.25) is 0 Å². The Morgan fingerprint density at radius 2 is 2.09 bits per heavy atom. The van der Waals surface area contributed by atoms with Gasteiger partial charge >= 0.3 is 0 Å². The molecule has 0 radical (unpaired) electrons. The van der Waals surface area contributed by atoms with E-state index in [4.69, 9.17) is 4.74 Å². The van der Waals surface area contributed by atoms with Crippen LogP contribution in [0.1, 0.15) is 27.7 Å². The molecule has 0 N–H and O–H groups in total. The summed E-state index contributed by atoms with van der Waals surface area (Å²) < 4.78 is 5.20. The molecule has 0 aromatic carbocycles. The van der Waals surface area contributed by atoms with E-state index in [0.29, 0.717) is 12.5 Å². The maximum absolute atomic E-state index is 5.20. The zero-order valence-electron chi connectivity index (χ0n) is 7.85. The van der Waals surface area contributed by atoms with E-state index in [1.165, 1.54) is 0 Å². The average Bonchev–Trinajstić information content (AvgIpc) is 1.84. The number of nitrogens with zero attached hydrogens (tertiary/aromatic N) is 1. The lowest BCUT2D eigenvalue weighted by Crippen LogP contribution is -2.14. The van der Waals surface area contributed by atoms with Crippen LogP contribution in [-0.2, 0) is 4.74 Å². The molecule has 0 rings (SSSR count). The number of aliphatic imine (C=N–C) groups is 1. The molecule has 0 atom stereocenters. The average molecular weight is 155 g/mol. The van der Waals surface area contributed by atoms with E-state index in [1.807, 2.05) is 27.7 Å². The molecule has 2 nitrogen and oxygen atoms in total. The Balaban J connectivity index is 4.23. The third kappa shape index (κ3) is 5.64. The van der Waals surface area contributed by atoms with E-state index in [2.05, 4.69) is 11.6 Å². The Kier molecular flexibility index (Phi) is 3.86. The summed E-state index contributed by atoms with van der Waals surface area (Å²) in [5.41, 5.74) is -0.0846. The molecule has 0 aliphatic heterocycles. The topological polar surface area (TPSA) is 21.6 Å². The van der Waals surface area contributed by atoms with Crippen LogP contribution in [0.5, 0.6) is 0 Å². The molecule has 0 bridgehead atoms. The van der Waals surface area contributed by atoms with Crippen molar-refractivity contribution in [2.24, 2.45) is 4.99 Å². The second kappa shape index (κ2) is 4.16. The van der Waals surface area contributed by atoms with Gasteiger partial charge in [-0.05, 0) is 33.8 Å². The van der Waals surface area contributed by atoms with E-state index in [9.17, 15) is 0 Å². The minimum atomic E-state index is -0.0846. The molecule has 0 unspecified atom stereocenters. The van der Waals surface area contributed by atoms with E-state index in [1.54, 1.807) is 6.08 Å². The van der Waals surface area contributed by atoms with Gasteiger partial charge in [-0.2, -0.15) is 0 Å². The minimum Gasteiger partial charge on any atom is -0.478 e. The first-order chi connectivity index (χ1) is 4.99. The van der Waals surface area contributed by atoms with Gasteiger partial charge < -0.3 is 4.74 Å². The third-order valence-electron chi connectivity index (χ3n) is 0.912. The van der Waals surface area contributed by atoms with Gasteiger partial charge in [-0.15, -0.1) is 0 Å². The molecule has 64 valence electrons. The second-order valence-electron chi connectivity index (χ2n) is 3.26. The molecule has 0 aliphatic carbocycles. The monoisotopic (exact) mass is 155 g/mol. The highest BCUT2D eigenvalue weighted by atomic mass is 16.5. The Labute approximate surface area is 69.0 Å². The van der Waals surface area contributed by atoms with Crippen LogP contribution in [0.2, 0.25) is 0 Å². The van der Waals surface area contributed by atoms with Crippen LogP contribution >= 0.6 is 0 Å². The van der Waals surface area contributed by atoms with Crippen molar-refractivity contribution in [1.82, 2.24) is 0 Å². The lowest BCUT2D eigenvalue weighted by atomic mass is 10.1. The van der Waals surface area contributed by atoms with Crippen molar-refractivity contribution >= 4 is 5.90 Å². The summed E-state index contributed by atoms with van der Waals surface area (Å²) in [4.78, 5) is 4.29. The standard InChI is InChI=1S/C9H17NO/c1-6-8(11-7-2)10-9(3,4)5/h6H,1,7H2,2-5H3/b10-8-. The molecule has 0 aromatic heterocycles. The van der Waals surface area contributed by atoms with Gasteiger partial charge in [0, 0.05) is 0 Å². The fourth-order valence-corrected chi connectivity index (χ4v) is 0.615. The lowest BCUT2D eigenvalue weighted by Gasteiger charge is -2.13. The molecule has 0 heterocycles. The highest BCUT2D eigenvalue weighted by Crippen LogP contribution is 2.07. The predicted molar refractivity (Wildman–Crippen MR) is 49.0 cm³/mol. The first kappa shape index (κ1) is 10.2. The largest absolute Gasteiger partial charge is 0.478 e. The van der Waals surface area contributed by atoms with Gasteiger partial charge in [0.1, 0.15) is 0 Å². The van der Waals surface area contributed by atoms with Crippen molar-refractivity contribution in [2.45, 2.75) is 33.2 Å². The van der Waals surface area contributed by atoms with Crippen LogP contribution in [0.25, 0.3) is 0 Å². The summed E-state index contributed by atoms with van der Waals surface area (Å²) in [6.45, 7) is 12.3. The van der Waals surface area contributed by atoms with Crippen LogP contribution in [0.4, 0.5) is 0 Å². The van der Waals surface area contributed by atoms with Gasteiger partial charge in [0.2, 0.25) is 5.90 Å². The Morgan fingerprint density at radius 1 is 1.55 bits per heavy atom. The quantitative estimate of drug-likeness (QED) is 0.443. The van der Waals surface area contributed by atoms with Gasteiger partial charge in [0.25, 0.3) is 0 Å². The lowest BCUT2D eigenvalue weighted by molar-refractivity contribution is 0.323. The normalized spacial score (nSPS) is 12.9. The Bertz CT molecular complexity index is 153. The predicted octanol–water partition coefficient (Wildman–Crippen LogP) is 2.41. The van der Waals surface area contributed by atoms with E-state index in [-0.39, 0.29) is 5.54 Å². The second-order valence-corrected chi connectivity index (χ2v) is 3.26. The smallest absolute Gasteiger partial charge is 0.208 e. The van der Waals surface area contributed by atoms with Gasteiger partial charge in [-0.25, -0.2) is 4.99 Å². The number of ether oxygens (including phenoxy) is 1. The first-order valence-electron chi connectivity index (χ1n) is 3.84. The Morgan fingerprint density at radius 3 is 2.36 bits per heavy atom. The number of rotatable bonds is 2. The summed E-state index contributed by atoms with van der Waals surface area (Å²) >= 11 is 0. The minimum absolute atomic E-state index is 0.0846. The highest BCUT2D eigenvalue weighted by Gasteiger charge is 2.08. The summed E-state index contributed by atoms with van der Waals surface area (Å²) in [5, 5.41) is 0. The summed E-state index contributed by atoms with van der Waals surface area (Å²) in [6.07, 6.45) is 1.63. The third-order valence-corrected chi connectivity index (χ3v) is 0.912. The molecule has 2 heteroatoms. The molecular weight excluding hydrogens is 138 g/mol. The molecule has 0 aliphatic rings. The number of hydrogen-bond acceptors (Lipinski definition) is 2. The summed E-state index contributed by atoms with van der Waals surface area (Å²) in [5.74, 6) is 0.625. The van der Waals surface area contributed by atoms with Crippen molar-refractivity contribution in [2.75, 3.05) is 6.61 Å².